The van der Waals surface area contributed by atoms with Gasteiger partial charge in [-0.25, -0.2) is 16.8 Å². The molecule has 0 aliphatic carbocycles. The molecule has 0 bridgehead atoms. The van der Waals surface area contributed by atoms with Gasteiger partial charge in [-0.05, 0) is 13.8 Å². The summed E-state index contributed by atoms with van der Waals surface area (Å²) in [6.45, 7) is 1.90. The highest BCUT2D eigenvalue weighted by atomic mass is 32.3. The fourth-order valence-electron chi connectivity index (χ4n) is 0.426. The predicted octanol–water partition coefficient (Wildman–Crippen LogP) is -1.55. The van der Waals surface area contributed by atoms with Crippen molar-refractivity contribution >= 4 is 19.7 Å². The molecule has 0 rings (SSSR count). The summed E-state index contributed by atoms with van der Waals surface area (Å²) in [5.41, 5.74) is -3.50. The summed E-state index contributed by atoms with van der Waals surface area (Å²) < 4.78 is 43.6. The van der Waals surface area contributed by atoms with Crippen molar-refractivity contribution in [3.05, 3.63) is 0 Å². The Morgan fingerprint density at radius 1 is 0.923 bits per heavy atom. The predicted molar refractivity (Wildman–Crippen MR) is 46.1 cm³/mol. The van der Waals surface area contributed by atoms with Gasteiger partial charge in [0.1, 0.15) is 0 Å². The van der Waals surface area contributed by atoms with Crippen molar-refractivity contribution in [3.8, 4) is 0 Å². The number of sulfone groups is 2. The summed E-state index contributed by atoms with van der Waals surface area (Å²) in [6, 6.07) is 0. The zero-order valence-corrected chi connectivity index (χ0v) is 8.84. The Balaban J connectivity index is 4.86. The normalized spacial score (nSPS) is 18.2. The Hall–Kier alpha value is -0.180. The molecule has 0 aromatic carbocycles. The van der Waals surface area contributed by atoms with E-state index in [1.54, 1.807) is 0 Å². The van der Waals surface area contributed by atoms with Crippen molar-refractivity contribution in [1.29, 1.82) is 0 Å². The third kappa shape index (κ3) is 3.59. The lowest BCUT2D eigenvalue weighted by Crippen LogP contribution is -2.30. The van der Waals surface area contributed by atoms with Gasteiger partial charge in [0.05, 0.1) is 0 Å². The van der Waals surface area contributed by atoms with Crippen LogP contribution < -0.4 is 0 Å². The highest BCUT2D eigenvalue weighted by molar-refractivity contribution is 8.08. The molecular weight excluding hydrogens is 220 g/mol. The Morgan fingerprint density at radius 2 is 1.15 bits per heavy atom. The maximum absolute atomic E-state index is 10.9. The van der Waals surface area contributed by atoms with E-state index in [1.165, 1.54) is 0 Å². The number of aliphatic hydroxyl groups excluding tert-OH is 2. The van der Waals surface area contributed by atoms with Gasteiger partial charge in [0.25, 0.3) is 0 Å². The molecule has 0 spiro atoms. The maximum atomic E-state index is 10.9. The SMILES string of the molecule is CC(O)S(=O)(=O)CS(=O)(=O)C(C)O. The standard InChI is InChI=1S/C5H12O6S2/c1-4(6)12(8,9)3-13(10,11)5(2)7/h4-7H,3H2,1-2H3. The van der Waals surface area contributed by atoms with Crippen molar-refractivity contribution in [1.82, 2.24) is 0 Å². The number of rotatable bonds is 4. The lowest BCUT2D eigenvalue weighted by atomic mass is 10.9. The quantitative estimate of drug-likeness (QED) is 0.607. The van der Waals surface area contributed by atoms with Crippen LogP contribution in [-0.4, -0.2) is 43.0 Å². The Bertz CT molecular complexity index is 312. The summed E-state index contributed by atoms with van der Waals surface area (Å²) in [5, 5.41) is 16.1. The first-order valence-electron chi connectivity index (χ1n) is 3.39. The van der Waals surface area contributed by atoms with Crippen LogP contribution in [0.2, 0.25) is 0 Å². The molecular formula is C5H12O6S2. The zero-order valence-electron chi connectivity index (χ0n) is 7.21. The zero-order chi connectivity index (χ0) is 10.9. The molecule has 8 heteroatoms. The molecule has 0 aliphatic heterocycles. The van der Waals surface area contributed by atoms with Gasteiger partial charge in [-0.15, -0.1) is 0 Å². The highest BCUT2D eigenvalue weighted by Gasteiger charge is 2.29. The summed E-state index contributed by atoms with van der Waals surface area (Å²) in [7, 11) is -8.19. The molecule has 0 saturated heterocycles. The molecule has 0 radical (unpaired) electrons. The van der Waals surface area contributed by atoms with Gasteiger partial charge in [0, 0.05) is 0 Å². The molecule has 0 amide bonds. The van der Waals surface area contributed by atoms with Gasteiger partial charge in [-0.1, -0.05) is 0 Å². The van der Waals surface area contributed by atoms with Crippen LogP contribution in [0.1, 0.15) is 13.8 Å². The third-order valence-corrected chi connectivity index (χ3v) is 6.08. The van der Waals surface area contributed by atoms with Gasteiger partial charge in [-0.3, -0.25) is 0 Å². The van der Waals surface area contributed by atoms with Crippen LogP contribution >= 0.6 is 0 Å². The van der Waals surface area contributed by atoms with E-state index in [9.17, 15) is 16.8 Å². The number of aliphatic hydroxyl groups is 2. The van der Waals surface area contributed by atoms with Crippen LogP contribution in [0.4, 0.5) is 0 Å². The second kappa shape index (κ2) is 3.91. The Kier molecular flexibility index (Phi) is 3.85. The summed E-state index contributed by atoms with van der Waals surface area (Å²) in [5.74, 6) is 0. The summed E-state index contributed by atoms with van der Waals surface area (Å²) in [4.78, 5) is 0. The molecule has 2 N–H and O–H groups in total. The lowest BCUT2D eigenvalue weighted by Gasteiger charge is -2.09. The Labute approximate surface area is 77.0 Å². The van der Waals surface area contributed by atoms with Gasteiger partial charge >= 0.3 is 0 Å². The van der Waals surface area contributed by atoms with Gasteiger partial charge < -0.3 is 10.2 Å². The van der Waals surface area contributed by atoms with E-state index in [2.05, 4.69) is 0 Å². The monoisotopic (exact) mass is 232 g/mol. The molecule has 0 aliphatic rings. The molecule has 0 aromatic heterocycles. The summed E-state index contributed by atoms with van der Waals surface area (Å²) >= 11 is 0. The van der Waals surface area contributed by atoms with E-state index in [1.807, 2.05) is 0 Å². The molecule has 0 heterocycles. The molecule has 2 atom stereocenters. The minimum absolute atomic E-state index is 0.951. The Morgan fingerprint density at radius 3 is 1.31 bits per heavy atom. The van der Waals surface area contributed by atoms with Gasteiger partial charge in [-0.2, -0.15) is 0 Å². The van der Waals surface area contributed by atoms with Crippen molar-refractivity contribution < 1.29 is 27.0 Å². The summed E-state index contributed by atoms with van der Waals surface area (Å²) in [6.07, 6.45) is 0. The first kappa shape index (κ1) is 12.8. The second-order valence-electron chi connectivity index (χ2n) is 2.64. The fourth-order valence-corrected chi connectivity index (χ4v) is 3.83. The molecule has 0 fully saturated rings. The number of hydrogen-bond acceptors (Lipinski definition) is 6. The second-order valence-corrected chi connectivity index (χ2v) is 7.60. The molecule has 80 valence electrons. The fraction of sp³-hybridized carbons (Fsp3) is 1.00. The van der Waals surface area contributed by atoms with Crippen LogP contribution in [0.25, 0.3) is 0 Å². The van der Waals surface area contributed by atoms with Crippen molar-refractivity contribution in [3.63, 3.8) is 0 Å². The van der Waals surface area contributed by atoms with E-state index in [-0.39, 0.29) is 0 Å². The van der Waals surface area contributed by atoms with Crippen LogP contribution in [0.15, 0.2) is 0 Å². The smallest absolute Gasteiger partial charge is 0.190 e. The molecule has 6 nitrogen and oxygen atoms in total. The molecule has 13 heavy (non-hydrogen) atoms. The van der Waals surface area contributed by atoms with Crippen LogP contribution in [0.3, 0.4) is 0 Å². The molecule has 0 aromatic rings. The van der Waals surface area contributed by atoms with E-state index in [0.717, 1.165) is 13.8 Å². The largest absolute Gasteiger partial charge is 0.377 e. The van der Waals surface area contributed by atoms with Crippen LogP contribution in [0, 0.1) is 0 Å². The van der Waals surface area contributed by atoms with Gasteiger partial charge in [0.15, 0.2) is 35.6 Å². The minimum atomic E-state index is -4.09. The third-order valence-electron chi connectivity index (χ3n) is 1.37. The average molecular weight is 232 g/mol. The number of hydrogen-bond donors (Lipinski definition) is 2. The molecule has 2 unspecified atom stereocenters. The van der Waals surface area contributed by atoms with Crippen LogP contribution in [-0.2, 0) is 19.7 Å². The van der Waals surface area contributed by atoms with E-state index in [4.69, 9.17) is 10.2 Å². The van der Waals surface area contributed by atoms with E-state index >= 15 is 0 Å². The van der Waals surface area contributed by atoms with Crippen LogP contribution in [0.5, 0.6) is 0 Å². The molecule has 0 saturated carbocycles. The van der Waals surface area contributed by atoms with E-state index in [0.29, 0.717) is 0 Å². The van der Waals surface area contributed by atoms with Crippen molar-refractivity contribution in [2.45, 2.75) is 24.7 Å². The minimum Gasteiger partial charge on any atom is -0.377 e. The average Bonchev–Trinajstić information content (AvgIpc) is 1.83. The lowest BCUT2D eigenvalue weighted by molar-refractivity contribution is 0.265. The maximum Gasteiger partial charge on any atom is 0.190 e. The first-order valence-corrected chi connectivity index (χ1v) is 6.82. The van der Waals surface area contributed by atoms with Gasteiger partial charge in [0.2, 0.25) is 0 Å². The van der Waals surface area contributed by atoms with Crippen molar-refractivity contribution in [2.75, 3.05) is 5.08 Å². The first-order chi connectivity index (χ1) is 5.59. The highest BCUT2D eigenvalue weighted by Crippen LogP contribution is 2.07. The topological polar surface area (TPSA) is 109 Å². The van der Waals surface area contributed by atoms with E-state index < -0.39 is 35.6 Å². The van der Waals surface area contributed by atoms with Crippen molar-refractivity contribution in [2.24, 2.45) is 0 Å².